The van der Waals surface area contributed by atoms with E-state index in [-0.39, 0.29) is 5.69 Å². The first-order valence-electron chi connectivity index (χ1n) is 7.84. The van der Waals surface area contributed by atoms with Crippen LogP contribution < -0.4 is 5.32 Å². The molecule has 0 unspecified atom stereocenters. The predicted octanol–water partition coefficient (Wildman–Crippen LogP) is 4.93. The number of carbonyl (C=O) groups excluding carboxylic acids is 1. The molecule has 0 spiro atoms. The van der Waals surface area contributed by atoms with Crippen molar-refractivity contribution in [3.05, 3.63) is 76.8 Å². The normalized spacial score (nSPS) is 11.0. The Hall–Kier alpha value is -3.06. The molecule has 0 bridgehead atoms. The number of rotatable bonds is 3. The molecule has 0 saturated carbocycles. The highest BCUT2D eigenvalue weighted by atomic mass is 32.1. The lowest BCUT2D eigenvalue weighted by atomic mass is 10.2. The van der Waals surface area contributed by atoms with E-state index in [9.17, 15) is 13.6 Å². The van der Waals surface area contributed by atoms with Crippen LogP contribution in [-0.4, -0.2) is 15.7 Å². The molecule has 0 fully saturated rings. The average molecular weight is 369 g/mol. The summed E-state index contributed by atoms with van der Waals surface area (Å²) in [5.41, 5.74) is 1.63. The Bertz CT molecular complexity index is 1120. The van der Waals surface area contributed by atoms with Gasteiger partial charge in [-0.05, 0) is 37.3 Å². The molecule has 0 atom stereocenters. The molecular weight excluding hydrogens is 356 g/mol. The topological polar surface area (TPSA) is 46.9 Å². The number of halogens is 2. The lowest BCUT2D eigenvalue weighted by molar-refractivity contribution is 0.103. The summed E-state index contributed by atoms with van der Waals surface area (Å²) < 4.78 is 28.5. The number of anilines is 1. The summed E-state index contributed by atoms with van der Waals surface area (Å²) >= 11 is 1.27. The van der Waals surface area contributed by atoms with Gasteiger partial charge in [-0.2, -0.15) is 5.10 Å². The first-order valence-corrected chi connectivity index (χ1v) is 8.65. The molecule has 0 saturated heterocycles. The number of aryl methyl sites for hydroxylation is 1. The smallest absolute Gasteiger partial charge is 0.265 e. The monoisotopic (exact) mass is 369 g/mol. The maximum atomic E-state index is 13.8. The molecule has 2 aromatic carbocycles. The molecule has 130 valence electrons. The fourth-order valence-corrected chi connectivity index (χ4v) is 3.76. The first-order chi connectivity index (χ1) is 12.5. The quantitative estimate of drug-likeness (QED) is 0.557. The van der Waals surface area contributed by atoms with Gasteiger partial charge in [0.05, 0.1) is 21.9 Å². The summed E-state index contributed by atoms with van der Waals surface area (Å²) in [6.45, 7) is 1.87. The number of hydrogen-bond acceptors (Lipinski definition) is 3. The van der Waals surface area contributed by atoms with E-state index in [0.717, 1.165) is 33.7 Å². The van der Waals surface area contributed by atoms with E-state index in [1.54, 1.807) is 10.7 Å². The third-order valence-corrected chi connectivity index (χ3v) is 5.06. The maximum Gasteiger partial charge on any atom is 0.265 e. The van der Waals surface area contributed by atoms with E-state index in [2.05, 4.69) is 10.4 Å². The second kappa shape index (κ2) is 6.34. The number of para-hydroxylation sites is 1. The van der Waals surface area contributed by atoms with E-state index in [4.69, 9.17) is 0 Å². The molecule has 4 aromatic rings. The molecule has 0 aliphatic rings. The number of amides is 1. The number of aromatic nitrogens is 2. The minimum Gasteiger partial charge on any atom is -0.319 e. The van der Waals surface area contributed by atoms with E-state index in [0.29, 0.717) is 4.88 Å². The number of hydrogen-bond donors (Lipinski definition) is 1. The number of thiophene rings is 1. The Morgan fingerprint density at radius 3 is 2.62 bits per heavy atom. The Kier molecular flexibility index (Phi) is 4.00. The number of nitrogens with one attached hydrogen (secondary N) is 1. The highest BCUT2D eigenvalue weighted by molar-refractivity contribution is 7.20. The molecule has 4 nitrogen and oxygen atoms in total. The number of fused-ring (bicyclic) bond motifs is 1. The highest BCUT2D eigenvalue weighted by Crippen LogP contribution is 2.31. The molecule has 26 heavy (non-hydrogen) atoms. The summed E-state index contributed by atoms with van der Waals surface area (Å²) in [4.78, 5) is 13.7. The largest absolute Gasteiger partial charge is 0.319 e. The van der Waals surface area contributed by atoms with Gasteiger partial charge in [0.2, 0.25) is 0 Å². The van der Waals surface area contributed by atoms with Crippen LogP contribution in [0.25, 0.3) is 15.9 Å². The Morgan fingerprint density at radius 2 is 1.88 bits per heavy atom. The van der Waals surface area contributed by atoms with Crippen molar-refractivity contribution in [1.29, 1.82) is 0 Å². The summed E-state index contributed by atoms with van der Waals surface area (Å²) in [6, 6.07) is 14.4. The van der Waals surface area contributed by atoms with Crippen molar-refractivity contribution in [3.63, 3.8) is 0 Å². The number of nitrogens with zero attached hydrogens (tertiary/aromatic N) is 2. The van der Waals surface area contributed by atoms with Gasteiger partial charge in [0, 0.05) is 11.5 Å². The van der Waals surface area contributed by atoms with Gasteiger partial charge >= 0.3 is 0 Å². The average Bonchev–Trinajstić information content (AvgIpc) is 3.19. The minimum atomic E-state index is -0.814. The van der Waals surface area contributed by atoms with Crippen LogP contribution in [0.15, 0.2) is 54.6 Å². The minimum absolute atomic E-state index is 0.0599. The van der Waals surface area contributed by atoms with Crippen molar-refractivity contribution in [1.82, 2.24) is 9.78 Å². The van der Waals surface area contributed by atoms with Gasteiger partial charge in [-0.3, -0.25) is 4.79 Å². The lowest BCUT2D eigenvalue weighted by Gasteiger charge is -2.05. The standard InChI is InChI=1S/C19H13F2N3OS/c1-11-14-10-17(18(25)22-16-8-7-12(20)9-15(16)21)26-19(14)24(23-11)13-5-3-2-4-6-13/h2-10H,1H3,(H,22,25). The Balaban J connectivity index is 1.70. The van der Waals surface area contributed by atoms with Gasteiger partial charge in [0.25, 0.3) is 5.91 Å². The number of carbonyl (C=O) groups is 1. The lowest BCUT2D eigenvalue weighted by Crippen LogP contribution is -2.11. The predicted molar refractivity (Wildman–Crippen MR) is 98.0 cm³/mol. The van der Waals surface area contributed by atoms with E-state index < -0.39 is 17.5 Å². The van der Waals surface area contributed by atoms with Crippen LogP contribution >= 0.6 is 11.3 Å². The van der Waals surface area contributed by atoms with Crippen molar-refractivity contribution in [2.24, 2.45) is 0 Å². The molecule has 0 aliphatic carbocycles. The van der Waals surface area contributed by atoms with Crippen LogP contribution in [-0.2, 0) is 0 Å². The van der Waals surface area contributed by atoms with Crippen LogP contribution in [0.3, 0.4) is 0 Å². The van der Waals surface area contributed by atoms with Crippen molar-refractivity contribution < 1.29 is 13.6 Å². The molecule has 2 aromatic heterocycles. The highest BCUT2D eigenvalue weighted by Gasteiger charge is 2.18. The molecule has 1 amide bonds. The van der Waals surface area contributed by atoms with Gasteiger partial charge in [-0.1, -0.05) is 18.2 Å². The molecule has 4 rings (SSSR count). The fraction of sp³-hybridized carbons (Fsp3) is 0.0526. The van der Waals surface area contributed by atoms with Crippen LogP contribution in [0.2, 0.25) is 0 Å². The van der Waals surface area contributed by atoms with Crippen molar-refractivity contribution in [3.8, 4) is 5.69 Å². The van der Waals surface area contributed by atoms with Crippen LogP contribution in [0.5, 0.6) is 0 Å². The second-order valence-electron chi connectivity index (χ2n) is 5.74. The van der Waals surface area contributed by atoms with E-state index >= 15 is 0 Å². The molecule has 2 heterocycles. The van der Waals surface area contributed by atoms with Gasteiger partial charge in [0.15, 0.2) is 0 Å². The first kappa shape index (κ1) is 16.4. The maximum absolute atomic E-state index is 13.8. The summed E-state index contributed by atoms with van der Waals surface area (Å²) in [6.07, 6.45) is 0. The van der Waals surface area contributed by atoms with Crippen LogP contribution in [0, 0.1) is 18.6 Å². The SMILES string of the molecule is Cc1nn(-c2ccccc2)c2sc(C(=O)Nc3ccc(F)cc3F)cc12. The van der Waals surface area contributed by atoms with Crippen LogP contribution in [0.4, 0.5) is 14.5 Å². The third-order valence-electron chi connectivity index (χ3n) is 3.95. The zero-order valence-electron chi connectivity index (χ0n) is 13.7. The second-order valence-corrected chi connectivity index (χ2v) is 6.77. The van der Waals surface area contributed by atoms with Crippen molar-refractivity contribution >= 4 is 33.1 Å². The van der Waals surface area contributed by atoms with Gasteiger partial charge < -0.3 is 5.32 Å². The molecule has 1 N–H and O–H groups in total. The van der Waals surface area contributed by atoms with Gasteiger partial charge in [-0.15, -0.1) is 11.3 Å². The molecular formula is C19H13F2N3OS. The summed E-state index contributed by atoms with van der Waals surface area (Å²) in [5, 5.41) is 7.87. The van der Waals surface area contributed by atoms with Crippen LogP contribution in [0.1, 0.15) is 15.4 Å². The van der Waals surface area contributed by atoms with Crippen molar-refractivity contribution in [2.75, 3.05) is 5.32 Å². The number of benzene rings is 2. The zero-order valence-corrected chi connectivity index (χ0v) is 14.5. The third kappa shape index (κ3) is 2.86. The fourth-order valence-electron chi connectivity index (χ4n) is 2.68. The van der Waals surface area contributed by atoms with E-state index in [1.807, 2.05) is 37.3 Å². The Morgan fingerprint density at radius 1 is 1.12 bits per heavy atom. The summed E-state index contributed by atoms with van der Waals surface area (Å²) in [7, 11) is 0. The van der Waals surface area contributed by atoms with E-state index in [1.165, 1.54) is 17.4 Å². The summed E-state index contributed by atoms with van der Waals surface area (Å²) in [5.74, 6) is -1.96. The zero-order chi connectivity index (χ0) is 18.3. The Labute approximate surface area is 151 Å². The van der Waals surface area contributed by atoms with Gasteiger partial charge in [0.1, 0.15) is 16.5 Å². The van der Waals surface area contributed by atoms with Gasteiger partial charge in [-0.25, -0.2) is 13.5 Å². The molecule has 7 heteroatoms. The van der Waals surface area contributed by atoms with Crippen molar-refractivity contribution in [2.45, 2.75) is 6.92 Å². The molecule has 0 aliphatic heterocycles. The molecule has 0 radical (unpaired) electrons.